The fourth-order valence-electron chi connectivity index (χ4n) is 1.68. The number of hydrogen-bond acceptors (Lipinski definition) is 2. The maximum Gasteiger partial charge on any atom is 0.0484 e. The van der Waals surface area contributed by atoms with Crippen molar-refractivity contribution < 1.29 is 9.84 Å². The molecule has 0 aromatic heterocycles. The molecular formula is C11H24O2. The van der Waals surface area contributed by atoms with E-state index >= 15 is 0 Å². The number of rotatable bonds is 8. The second-order valence-electron chi connectivity index (χ2n) is 4.17. The molecule has 0 aromatic rings. The number of aliphatic hydroxyl groups excluding tert-OH is 1. The molecule has 2 nitrogen and oxygen atoms in total. The van der Waals surface area contributed by atoms with Crippen molar-refractivity contribution in [3.8, 4) is 0 Å². The third-order valence-electron chi connectivity index (χ3n) is 2.61. The van der Waals surface area contributed by atoms with Crippen molar-refractivity contribution in [3.05, 3.63) is 0 Å². The standard InChI is InChI=1S/C11H24O2/c1-4-7-11(2,10-12)8-5-6-9-13-3/h12H,4-10H2,1-3H3. The summed E-state index contributed by atoms with van der Waals surface area (Å²) in [6, 6.07) is 0. The van der Waals surface area contributed by atoms with Crippen molar-refractivity contribution in [2.75, 3.05) is 20.3 Å². The summed E-state index contributed by atoms with van der Waals surface area (Å²) in [6.07, 6.45) is 5.65. The van der Waals surface area contributed by atoms with Crippen LogP contribution in [0.15, 0.2) is 0 Å². The maximum atomic E-state index is 9.24. The van der Waals surface area contributed by atoms with Crippen molar-refractivity contribution in [2.24, 2.45) is 5.41 Å². The van der Waals surface area contributed by atoms with Crippen LogP contribution in [-0.2, 0) is 4.74 Å². The third kappa shape index (κ3) is 6.05. The maximum absolute atomic E-state index is 9.24. The largest absolute Gasteiger partial charge is 0.396 e. The van der Waals surface area contributed by atoms with Gasteiger partial charge in [-0.2, -0.15) is 0 Å². The Morgan fingerprint density at radius 2 is 1.92 bits per heavy atom. The lowest BCUT2D eigenvalue weighted by molar-refractivity contribution is 0.113. The van der Waals surface area contributed by atoms with Gasteiger partial charge in [-0.3, -0.25) is 0 Å². The van der Waals surface area contributed by atoms with Gasteiger partial charge < -0.3 is 9.84 Å². The van der Waals surface area contributed by atoms with Gasteiger partial charge in [0.2, 0.25) is 0 Å². The molecule has 1 atom stereocenters. The van der Waals surface area contributed by atoms with Crippen molar-refractivity contribution in [2.45, 2.75) is 46.0 Å². The minimum Gasteiger partial charge on any atom is -0.396 e. The molecule has 0 rings (SSSR count). The molecule has 0 bridgehead atoms. The first-order valence-corrected chi connectivity index (χ1v) is 5.28. The zero-order valence-corrected chi connectivity index (χ0v) is 9.31. The predicted molar refractivity (Wildman–Crippen MR) is 55.8 cm³/mol. The first kappa shape index (κ1) is 12.9. The van der Waals surface area contributed by atoms with E-state index in [1.807, 2.05) is 0 Å². The quantitative estimate of drug-likeness (QED) is 0.593. The van der Waals surface area contributed by atoms with Gasteiger partial charge in [0, 0.05) is 20.3 Å². The Morgan fingerprint density at radius 3 is 2.38 bits per heavy atom. The lowest BCUT2D eigenvalue weighted by Crippen LogP contribution is -2.21. The molecule has 2 heteroatoms. The van der Waals surface area contributed by atoms with Crippen LogP contribution < -0.4 is 0 Å². The van der Waals surface area contributed by atoms with Gasteiger partial charge in [-0.15, -0.1) is 0 Å². The van der Waals surface area contributed by atoms with Crippen LogP contribution in [0, 0.1) is 5.41 Å². The molecule has 0 spiro atoms. The first-order chi connectivity index (χ1) is 6.18. The van der Waals surface area contributed by atoms with Gasteiger partial charge in [-0.1, -0.05) is 26.7 Å². The van der Waals surface area contributed by atoms with E-state index in [0.717, 1.165) is 38.7 Å². The zero-order valence-electron chi connectivity index (χ0n) is 9.31. The highest BCUT2D eigenvalue weighted by atomic mass is 16.5. The number of methoxy groups -OCH3 is 1. The Morgan fingerprint density at radius 1 is 1.23 bits per heavy atom. The second kappa shape index (κ2) is 7.34. The summed E-state index contributed by atoms with van der Waals surface area (Å²) >= 11 is 0. The molecule has 0 fully saturated rings. The smallest absolute Gasteiger partial charge is 0.0484 e. The highest BCUT2D eigenvalue weighted by Gasteiger charge is 2.21. The van der Waals surface area contributed by atoms with Gasteiger partial charge in [0.05, 0.1) is 0 Å². The summed E-state index contributed by atoms with van der Waals surface area (Å²) in [4.78, 5) is 0. The lowest BCUT2D eigenvalue weighted by Gasteiger charge is -2.26. The molecule has 0 radical (unpaired) electrons. The van der Waals surface area contributed by atoms with Gasteiger partial charge in [0.25, 0.3) is 0 Å². The predicted octanol–water partition coefficient (Wildman–Crippen LogP) is 2.60. The van der Waals surface area contributed by atoms with Crippen LogP contribution in [-0.4, -0.2) is 25.4 Å². The number of unbranched alkanes of at least 4 members (excludes halogenated alkanes) is 1. The van der Waals surface area contributed by atoms with Crippen molar-refractivity contribution in [1.29, 1.82) is 0 Å². The Bertz CT molecular complexity index is 115. The molecule has 0 amide bonds. The van der Waals surface area contributed by atoms with Gasteiger partial charge in [-0.25, -0.2) is 0 Å². The average Bonchev–Trinajstić information content (AvgIpc) is 2.13. The Labute approximate surface area is 82.3 Å². The first-order valence-electron chi connectivity index (χ1n) is 5.28. The highest BCUT2D eigenvalue weighted by molar-refractivity contribution is 4.72. The number of ether oxygens (including phenoxy) is 1. The van der Waals surface area contributed by atoms with Gasteiger partial charge in [-0.05, 0) is 24.7 Å². The van der Waals surface area contributed by atoms with Crippen LogP contribution in [0.2, 0.25) is 0 Å². The number of hydrogen-bond donors (Lipinski definition) is 1. The fourth-order valence-corrected chi connectivity index (χ4v) is 1.68. The Balaban J connectivity index is 3.57. The van der Waals surface area contributed by atoms with E-state index < -0.39 is 0 Å². The molecule has 0 saturated carbocycles. The molecule has 0 aliphatic heterocycles. The Kier molecular flexibility index (Phi) is 7.29. The van der Waals surface area contributed by atoms with E-state index in [1.54, 1.807) is 7.11 Å². The minimum absolute atomic E-state index is 0.141. The Hall–Kier alpha value is -0.0800. The highest BCUT2D eigenvalue weighted by Crippen LogP contribution is 2.28. The number of aliphatic hydroxyl groups is 1. The molecule has 80 valence electrons. The van der Waals surface area contributed by atoms with Crippen molar-refractivity contribution >= 4 is 0 Å². The summed E-state index contributed by atoms with van der Waals surface area (Å²) in [7, 11) is 1.73. The fraction of sp³-hybridized carbons (Fsp3) is 1.00. The van der Waals surface area contributed by atoms with Crippen molar-refractivity contribution in [3.63, 3.8) is 0 Å². The van der Waals surface area contributed by atoms with Gasteiger partial charge >= 0.3 is 0 Å². The van der Waals surface area contributed by atoms with Gasteiger partial charge in [0.15, 0.2) is 0 Å². The molecule has 0 saturated heterocycles. The minimum atomic E-state index is 0.141. The monoisotopic (exact) mass is 188 g/mol. The normalized spacial score (nSPS) is 15.7. The van der Waals surface area contributed by atoms with Crippen LogP contribution in [0.25, 0.3) is 0 Å². The molecule has 0 aromatic carbocycles. The van der Waals surface area contributed by atoms with E-state index in [-0.39, 0.29) is 5.41 Å². The summed E-state index contributed by atoms with van der Waals surface area (Å²) in [6.45, 7) is 5.49. The SMILES string of the molecule is CCCC(C)(CO)CCCCOC. The van der Waals surface area contributed by atoms with E-state index in [4.69, 9.17) is 4.74 Å². The molecule has 0 aliphatic carbocycles. The van der Waals surface area contributed by atoms with E-state index in [9.17, 15) is 5.11 Å². The van der Waals surface area contributed by atoms with Crippen LogP contribution in [0.1, 0.15) is 46.0 Å². The van der Waals surface area contributed by atoms with Crippen LogP contribution in [0.3, 0.4) is 0 Å². The van der Waals surface area contributed by atoms with Gasteiger partial charge in [0.1, 0.15) is 0 Å². The summed E-state index contributed by atoms with van der Waals surface area (Å²) in [5, 5.41) is 9.24. The molecule has 1 N–H and O–H groups in total. The molecular weight excluding hydrogens is 164 g/mol. The van der Waals surface area contributed by atoms with Crippen molar-refractivity contribution in [1.82, 2.24) is 0 Å². The second-order valence-corrected chi connectivity index (χ2v) is 4.17. The summed E-state index contributed by atoms with van der Waals surface area (Å²) in [5.74, 6) is 0. The van der Waals surface area contributed by atoms with Crippen LogP contribution in [0.5, 0.6) is 0 Å². The molecule has 1 unspecified atom stereocenters. The molecule has 13 heavy (non-hydrogen) atoms. The van der Waals surface area contributed by atoms with Crippen LogP contribution >= 0.6 is 0 Å². The topological polar surface area (TPSA) is 29.5 Å². The van der Waals surface area contributed by atoms with E-state index in [1.165, 1.54) is 0 Å². The third-order valence-corrected chi connectivity index (χ3v) is 2.61. The van der Waals surface area contributed by atoms with Crippen LogP contribution in [0.4, 0.5) is 0 Å². The summed E-state index contributed by atoms with van der Waals surface area (Å²) < 4.78 is 4.99. The summed E-state index contributed by atoms with van der Waals surface area (Å²) in [5.41, 5.74) is 0.141. The molecule has 0 heterocycles. The van der Waals surface area contributed by atoms with E-state index in [0.29, 0.717) is 6.61 Å². The average molecular weight is 188 g/mol. The lowest BCUT2D eigenvalue weighted by atomic mass is 9.82. The van der Waals surface area contributed by atoms with E-state index in [2.05, 4.69) is 13.8 Å². The zero-order chi connectivity index (χ0) is 10.2. The molecule has 0 aliphatic rings.